The summed E-state index contributed by atoms with van der Waals surface area (Å²) in [4.78, 5) is 2.47. The normalized spacial score (nSPS) is 14.8. The van der Waals surface area contributed by atoms with E-state index in [-0.39, 0.29) is 5.41 Å². The van der Waals surface area contributed by atoms with E-state index in [1.165, 1.54) is 88.8 Å². The summed E-state index contributed by atoms with van der Waals surface area (Å²) in [6.45, 7) is 4.72. The van der Waals surface area contributed by atoms with Gasteiger partial charge in [-0.25, -0.2) is 0 Å². The van der Waals surface area contributed by atoms with Crippen LogP contribution in [-0.2, 0) is 10.8 Å². The molecule has 1 aromatic heterocycles. The third kappa shape index (κ3) is 3.56. The SMILES string of the molecule is CC1(C)c2ccccc2-c2c(N(c3ccccc3)c3ccc4c(c3)c3cccc5c3n4-c3ccccc3C53c4ccccc4-c4ccccc43)cccc21. The summed E-state index contributed by atoms with van der Waals surface area (Å²) in [5, 5.41) is 2.53. The molecule has 3 aliphatic rings. The highest BCUT2D eigenvalue weighted by Gasteiger charge is 2.50. The highest BCUT2D eigenvalue weighted by Crippen LogP contribution is 2.61. The summed E-state index contributed by atoms with van der Waals surface area (Å²) in [6.07, 6.45) is 0. The van der Waals surface area contributed by atoms with E-state index in [9.17, 15) is 0 Å². The molecule has 8 aromatic carbocycles. The first-order valence-corrected chi connectivity index (χ1v) is 19.0. The lowest BCUT2D eigenvalue weighted by atomic mass is 9.65. The van der Waals surface area contributed by atoms with Gasteiger partial charge in [0, 0.05) is 33.1 Å². The summed E-state index contributed by atoms with van der Waals surface area (Å²) in [5.74, 6) is 0. The molecule has 0 fully saturated rings. The fraction of sp³-hybridized carbons (Fsp3) is 0.0769. The number of hydrogen-bond acceptors (Lipinski definition) is 1. The van der Waals surface area contributed by atoms with Crippen LogP contribution in [0.4, 0.5) is 17.1 Å². The average Bonchev–Trinajstić information content (AvgIpc) is 3.80. The number of para-hydroxylation sites is 3. The summed E-state index contributed by atoms with van der Waals surface area (Å²) >= 11 is 0. The molecule has 0 saturated carbocycles. The Balaban J connectivity index is 1.16. The average molecular weight is 689 g/mol. The van der Waals surface area contributed by atoms with Gasteiger partial charge >= 0.3 is 0 Å². The lowest BCUT2D eigenvalue weighted by Crippen LogP contribution is -2.33. The van der Waals surface area contributed by atoms with Gasteiger partial charge in [-0.05, 0) is 92.5 Å². The zero-order valence-corrected chi connectivity index (χ0v) is 30.2. The molecule has 0 amide bonds. The first kappa shape index (κ1) is 29.9. The molecule has 0 radical (unpaired) electrons. The Labute approximate surface area is 315 Å². The minimum absolute atomic E-state index is 0.0891. The number of nitrogens with zero attached hydrogens (tertiary/aromatic N) is 2. The van der Waals surface area contributed by atoms with Crippen molar-refractivity contribution in [3.63, 3.8) is 0 Å². The second-order valence-electron chi connectivity index (χ2n) is 15.6. The van der Waals surface area contributed by atoms with Crippen molar-refractivity contribution < 1.29 is 0 Å². The van der Waals surface area contributed by atoms with E-state index >= 15 is 0 Å². The van der Waals surface area contributed by atoms with E-state index < -0.39 is 5.41 Å². The maximum atomic E-state index is 2.54. The molecule has 2 heterocycles. The Kier molecular flexibility index (Phi) is 5.81. The summed E-state index contributed by atoms with van der Waals surface area (Å²) in [7, 11) is 0. The van der Waals surface area contributed by atoms with Crippen molar-refractivity contribution in [1.29, 1.82) is 0 Å². The Bertz CT molecular complexity index is 2990. The van der Waals surface area contributed by atoms with Gasteiger partial charge in [-0.1, -0.05) is 153 Å². The van der Waals surface area contributed by atoms with E-state index in [0.717, 1.165) is 11.4 Å². The molecule has 12 rings (SSSR count). The van der Waals surface area contributed by atoms with Crippen molar-refractivity contribution in [2.24, 2.45) is 0 Å². The topological polar surface area (TPSA) is 8.17 Å². The van der Waals surface area contributed by atoms with Crippen LogP contribution in [0.5, 0.6) is 0 Å². The van der Waals surface area contributed by atoms with Crippen LogP contribution in [0, 0.1) is 0 Å². The Morgan fingerprint density at radius 1 is 0.426 bits per heavy atom. The zero-order valence-electron chi connectivity index (χ0n) is 30.2. The number of benzene rings is 8. The largest absolute Gasteiger partial charge is 0.310 e. The molecule has 0 bridgehead atoms. The smallest absolute Gasteiger partial charge is 0.0754 e. The number of rotatable bonds is 3. The van der Waals surface area contributed by atoms with Crippen molar-refractivity contribution in [3.05, 3.63) is 215 Å². The first-order chi connectivity index (χ1) is 26.6. The van der Waals surface area contributed by atoms with Gasteiger partial charge in [0.25, 0.3) is 0 Å². The number of hydrogen-bond donors (Lipinski definition) is 0. The van der Waals surface area contributed by atoms with Gasteiger partial charge in [0.15, 0.2) is 0 Å². The third-order valence-corrected chi connectivity index (χ3v) is 12.8. The fourth-order valence-corrected chi connectivity index (χ4v) is 10.6. The molecule has 2 nitrogen and oxygen atoms in total. The van der Waals surface area contributed by atoms with Gasteiger partial charge in [-0.15, -0.1) is 0 Å². The molecule has 1 aliphatic heterocycles. The Hall–Kier alpha value is -6.64. The quantitative estimate of drug-likeness (QED) is 0.179. The lowest BCUT2D eigenvalue weighted by Gasteiger charge is -2.39. The van der Waals surface area contributed by atoms with Gasteiger partial charge in [0.1, 0.15) is 0 Å². The molecule has 0 N–H and O–H groups in total. The minimum atomic E-state index is -0.419. The maximum absolute atomic E-state index is 2.54. The standard InChI is InChI=1S/C52H36N2/c1-51(2)40-22-9-8-20-38(40)49-44(51)26-15-29-48(49)53(33-16-4-3-5-17-33)34-30-31-46-39(32-34)37-21-14-27-45-50(37)54(46)47-28-13-12-25-43(47)52(45)41-23-10-6-18-35(41)36-19-7-11-24-42(36)52/h3-32H,1-2H3. The summed E-state index contributed by atoms with van der Waals surface area (Å²) in [5.41, 5.74) is 20.2. The van der Waals surface area contributed by atoms with Crippen LogP contribution in [0.15, 0.2) is 182 Å². The van der Waals surface area contributed by atoms with Crippen molar-refractivity contribution >= 4 is 38.9 Å². The molecular weight excluding hydrogens is 653 g/mol. The van der Waals surface area contributed by atoms with Crippen molar-refractivity contribution in [2.45, 2.75) is 24.7 Å². The number of aromatic nitrogens is 1. The highest BCUT2D eigenvalue weighted by molar-refractivity contribution is 6.14. The molecule has 2 heteroatoms. The van der Waals surface area contributed by atoms with Crippen LogP contribution in [-0.4, -0.2) is 4.57 Å². The van der Waals surface area contributed by atoms with E-state index in [4.69, 9.17) is 0 Å². The molecule has 0 saturated heterocycles. The van der Waals surface area contributed by atoms with E-state index in [2.05, 4.69) is 205 Å². The lowest BCUT2D eigenvalue weighted by molar-refractivity contribution is 0.660. The van der Waals surface area contributed by atoms with Crippen molar-refractivity contribution in [2.75, 3.05) is 4.90 Å². The van der Waals surface area contributed by atoms with Crippen LogP contribution in [0.3, 0.4) is 0 Å². The second-order valence-corrected chi connectivity index (χ2v) is 15.6. The monoisotopic (exact) mass is 688 g/mol. The predicted octanol–water partition coefficient (Wildman–Crippen LogP) is 13.2. The zero-order chi connectivity index (χ0) is 35.8. The molecule has 1 spiro atoms. The molecule has 0 atom stereocenters. The van der Waals surface area contributed by atoms with Gasteiger partial charge in [-0.2, -0.15) is 0 Å². The van der Waals surface area contributed by atoms with E-state index in [1.807, 2.05) is 0 Å². The number of anilines is 3. The molecule has 9 aromatic rings. The highest BCUT2D eigenvalue weighted by atomic mass is 15.1. The van der Waals surface area contributed by atoms with E-state index in [0.29, 0.717) is 0 Å². The van der Waals surface area contributed by atoms with Crippen LogP contribution in [0.2, 0.25) is 0 Å². The second kappa shape index (κ2) is 10.5. The van der Waals surface area contributed by atoms with Crippen LogP contribution in [0.25, 0.3) is 49.7 Å². The Morgan fingerprint density at radius 2 is 1.02 bits per heavy atom. The third-order valence-electron chi connectivity index (χ3n) is 12.8. The van der Waals surface area contributed by atoms with Crippen molar-refractivity contribution in [1.82, 2.24) is 4.57 Å². The summed E-state index contributed by atoms with van der Waals surface area (Å²) in [6, 6.07) is 68.1. The van der Waals surface area contributed by atoms with E-state index in [1.54, 1.807) is 0 Å². The molecule has 54 heavy (non-hydrogen) atoms. The molecule has 0 unspecified atom stereocenters. The van der Waals surface area contributed by atoms with Crippen LogP contribution in [0.1, 0.15) is 47.2 Å². The summed E-state index contributed by atoms with van der Waals surface area (Å²) < 4.78 is 2.54. The van der Waals surface area contributed by atoms with Gasteiger partial charge in [-0.3, -0.25) is 0 Å². The fourth-order valence-electron chi connectivity index (χ4n) is 10.6. The van der Waals surface area contributed by atoms with Crippen LogP contribution < -0.4 is 4.90 Å². The minimum Gasteiger partial charge on any atom is -0.310 e. The maximum Gasteiger partial charge on any atom is 0.0754 e. The molecular formula is C52H36N2. The van der Waals surface area contributed by atoms with Crippen molar-refractivity contribution in [3.8, 4) is 27.9 Å². The predicted molar refractivity (Wildman–Crippen MR) is 224 cm³/mol. The van der Waals surface area contributed by atoms with Crippen LogP contribution >= 0.6 is 0 Å². The van der Waals surface area contributed by atoms with Gasteiger partial charge < -0.3 is 9.47 Å². The van der Waals surface area contributed by atoms with Gasteiger partial charge in [0.2, 0.25) is 0 Å². The van der Waals surface area contributed by atoms with Gasteiger partial charge in [0.05, 0.1) is 27.8 Å². The number of fused-ring (bicyclic) bond motifs is 15. The first-order valence-electron chi connectivity index (χ1n) is 19.0. The molecule has 2 aliphatic carbocycles. The molecule has 254 valence electrons. The Morgan fingerprint density at radius 3 is 1.78 bits per heavy atom.